The van der Waals surface area contributed by atoms with Gasteiger partial charge in [-0.3, -0.25) is 4.79 Å². The van der Waals surface area contributed by atoms with Crippen LogP contribution in [0.2, 0.25) is 0 Å². The van der Waals surface area contributed by atoms with Crippen LogP contribution in [0.4, 0.5) is 5.69 Å². The number of para-hydroxylation sites is 2. The van der Waals surface area contributed by atoms with Gasteiger partial charge in [-0.05, 0) is 56.7 Å². The molecule has 0 saturated heterocycles. The zero-order valence-electron chi connectivity index (χ0n) is 18.5. The van der Waals surface area contributed by atoms with Crippen molar-refractivity contribution in [1.29, 1.82) is 0 Å². The first-order valence-corrected chi connectivity index (χ1v) is 11.7. The van der Waals surface area contributed by atoms with Crippen molar-refractivity contribution in [3.05, 3.63) is 71.0 Å². The van der Waals surface area contributed by atoms with Gasteiger partial charge in [0.25, 0.3) is 5.91 Å². The first kappa shape index (κ1) is 22.7. The maximum Gasteiger partial charge on any atom is 0.255 e. The summed E-state index contributed by atoms with van der Waals surface area (Å²) in [5.41, 5.74) is 4.04. The molecular weight excluding hydrogens is 412 g/mol. The lowest BCUT2D eigenvalue weighted by molar-refractivity contribution is 0.102. The van der Waals surface area contributed by atoms with Crippen LogP contribution in [-0.2, 0) is 10.0 Å². The molecule has 0 aliphatic rings. The predicted molar refractivity (Wildman–Crippen MR) is 122 cm³/mol. The summed E-state index contributed by atoms with van der Waals surface area (Å²) >= 11 is 0. The Labute approximate surface area is 183 Å². The van der Waals surface area contributed by atoms with Gasteiger partial charge in [0.2, 0.25) is 10.0 Å². The second kappa shape index (κ2) is 9.03. The summed E-state index contributed by atoms with van der Waals surface area (Å²) in [7, 11) is -3.68. The van der Waals surface area contributed by atoms with Gasteiger partial charge in [-0.25, -0.2) is 13.1 Å². The van der Waals surface area contributed by atoms with Crippen LogP contribution in [0, 0.1) is 20.8 Å². The fourth-order valence-electron chi connectivity index (χ4n) is 3.55. The molecule has 0 bridgehead atoms. The zero-order chi connectivity index (χ0) is 22.8. The number of aromatic nitrogens is 2. The van der Waals surface area contributed by atoms with Crippen molar-refractivity contribution in [1.82, 2.24) is 14.1 Å². The Kier molecular flexibility index (Phi) is 6.62. The van der Waals surface area contributed by atoms with Crippen molar-refractivity contribution in [3.8, 4) is 5.69 Å². The van der Waals surface area contributed by atoms with Crippen LogP contribution in [0.5, 0.6) is 0 Å². The molecule has 1 heterocycles. The van der Waals surface area contributed by atoms with E-state index in [0.29, 0.717) is 24.3 Å². The molecule has 3 rings (SSSR count). The lowest BCUT2D eigenvalue weighted by atomic mass is 10.1. The molecule has 31 heavy (non-hydrogen) atoms. The van der Waals surface area contributed by atoms with E-state index in [0.717, 1.165) is 17.1 Å². The number of benzene rings is 2. The SMILES string of the molecule is CCN(CC)S(=O)(=O)c1cc(C(=O)Nc2ccccc2-n2nc(C)cc2C)ccc1C. The topological polar surface area (TPSA) is 84.3 Å². The molecule has 1 amide bonds. The van der Waals surface area contributed by atoms with Gasteiger partial charge in [0.15, 0.2) is 0 Å². The van der Waals surface area contributed by atoms with E-state index in [1.165, 1.54) is 10.4 Å². The van der Waals surface area contributed by atoms with Crippen molar-refractivity contribution >= 4 is 21.6 Å². The van der Waals surface area contributed by atoms with Gasteiger partial charge in [-0.1, -0.05) is 32.0 Å². The van der Waals surface area contributed by atoms with Crippen LogP contribution in [0.1, 0.15) is 41.2 Å². The molecule has 2 aromatic carbocycles. The quantitative estimate of drug-likeness (QED) is 0.600. The average Bonchev–Trinajstić information content (AvgIpc) is 3.07. The number of rotatable bonds is 7. The highest BCUT2D eigenvalue weighted by molar-refractivity contribution is 7.89. The molecule has 0 aliphatic carbocycles. The Morgan fingerprint density at radius 2 is 1.71 bits per heavy atom. The minimum absolute atomic E-state index is 0.149. The molecule has 7 nitrogen and oxygen atoms in total. The van der Waals surface area contributed by atoms with Crippen LogP contribution in [0.25, 0.3) is 5.69 Å². The molecule has 0 unspecified atom stereocenters. The molecule has 1 N–H and O–H groups in total. The van der Waals surface area contributed by atoms with Gasteiger partial charge >= 0.3 is 0 Å². The Morgan fingerprint density at radius 1 is 1.03 bits per heavy atom. The van der Waals surface area contributed by atoms with E-state index in [1.54, 1.807) is 43.7 Å². The number of anilines is 1. The summed E-state index contributed by atoms with van der Waals surface area (Å²) in [5, 5.41) is 7.41. The fraction of sp³-hybridized carbons (Fsp3) is 0.304. The van der Waals surface area contributed by atoms with Crippen LogP contribution in [0.15, 0.2) is 53.4 Å². The molecule has 164 valence electrons. The number of hydrogen-bond acceptors (Lipinski definition) is 4. The Hall–Kier alpha value is -2.97. The van der Waals surface area contributed by atoms with Crippen molar-refractivity contribution in [2.24, 2.45) is 0 Å². The molecule has 1 aromatic heterocycles. The van der Waals surface area contributed by atoms with Gasteiger partial charge in [-0.2, -0.15) is 9.40 Å². The van der Waals surface area contributed by atoms with E-state index in [9.17, 15) is 13.2 Å². The van der Waals surface area contributed by atoms with Crippen LogP contribution in [-0.4, -0.2) is 41.5 Å². The first-order valence-electron chi connectivity index (χ1n) is 10.2. The minimum atomic E-state index is -3.68. The Morgan fingerprint density at radius 3 is 2.32 bits per heavy atom. The number of nitrogens with zero attached hydrogens (tertiary/aromatic N) is 3. The number of carbonyl (C=O) groups is 1. The van der Waals surface area contributed by atoms with Gasteiger partial charge in [0, 0.05) is 24.3 Å². The molecule has 0 fully saturated rings. The number of hydrogen-bond donors (Lipinski definition) is 1. The third-order valence-electron chi connectivity index (χ3n) is 5.16. The monoisotopic (exact) mass is 440 g/mol. The van der Waals surface area contributed by atoms with Crippen molar-refractivity contribution in [2.45, 2.75) is 39.5 Å². The zero-order valence-corrected chi connectivity index (χ0v) is 19.3. The van der Waals surface area contributed by atoms with Gasteiger partial charge in [-0.15, -0.1) is 0 Å². The highest BCUT2D eigenvalue weighted by atomic mass is 32.2. The maximum absolute atomic E-state index is 13.0. The predicted octanol–water partition coefficient (Wildman–Crippen LogP) is 4.08. The molecule has 0 aliphatic heterocycles. The molecular formula is C23H28N4O3S. The lowest BCUT2D eigenvalue weighted by Gasteiger charge is -2.20. The Balaban J connectivity index is 1.97. The maximum atomic E-state index is 13.0. The number of amides is 1. The van der Waals surface area contributed by atoms with Crippen LogP contribution < -0.4 is 5.32 Å². The van der Waals surface area contributed by atoms with E-state index in [4.69, 9.17) is 0 Å². The third kappa shape index (κ3) is 4.55. The van der Waals surface area contributed by atoms with E-state index in [-0.39, 0.29) is 16.4 Å². The standard InChI is InChI=1S/C23H28N4O3S/c1-6-26(7-2)31(29,30)22-15-19(13-12-16(22)3)23(28)24-20-10-8-9-11-21(20)27-18(5)14-17(4)25-27/h8-15H,6-7H2,1-5H3,(H,24,28). The highest BCUT2D eigenvalue weighted by Crippen LogP contribution is 2.24. The summed E-state index contributed by atoms with van der Waals surface area (Å²) in [4.78, 5) is 13.2. The lowest BCUT2D eigenvalue weighted by Crippen LogP contribution is -2.31. The van der Waals surface area contributed by atoms with E-state index >= 15 is 0 Å². The molecule has 8 heteroatoms. The second-order valence-corrected chi connectivity index (χ2v) is 9.29. The number of carbonyl (C=O) groups excluding carboxylic acids is 1. The van der Waals surface area contributed by atoms with E-state index in [2.05, 4.69) is 10.4 Å². The average molecular weight is 441 g/mol. The number of sulfonamides is 1. The molecule has 0 spiro atoms. The molecule has 0 radical (unpaired) electrons. The van der Waals surface area contributed by atoms with E-state index in [1.807, 2.05) is 38.1 Å². The summed E-state index contributed by atoms with van der Waals surface area (Å²) in [6.07, 6.45) is 0. The largest absolute Gasteiger partial charge is 0.320 e. The first-order chi connectivity index (χ1) is 14.7. The van der Waals surface area contributed by atoms with E-state index < -0.39 is 10.0 Å². The van der Waals surface area contributed by atoms with Crippen molar-refractivity contribution < 1.29 is 13.2 Å². The second-order valence-electron chi connectivity index (χ2n) is 7.38. The highest BCUT2D eigenvalue weighted by Gasteiger charge is 2.25. The minimum Gasteiger partial charge on any atom is -0.320 e. The molecule has 0 atom stereocenters. The van der Waals surface area contributed by atoms with Crippen molar-refractivity contribution in [3.63, 3.8) is 0 Å². The normalized spacial score (nSPS) is 11.7. The summed E-state index contributed by atoms with van der Waals surface area (Å²) in [6.45, 7) is 9.91. The van der Waals surface area contributed by atoms with Crippen molar-refractivity contribution in [2.75, 3.05) is 18.4 Å². The summed E-state index contributed by atoms with van der Waals surface area (Å²) in [6, 6.07) is 14.1. The van der Waals surface area contributed by atoms with Crippen LogP contribution >= 0.6 is 0 Å². The van der Waals surface area contributed by atoms with Gasteiger partial charge in [0.1, 0.15) is 0 Å². The van der Waals surface area contributed by atoms with Gasteiger partial charge in [0.05, 0.1) is 22.0 Å². The fourth-order valence-corrected chi connectivity index (χ4v) is 5.26. The third-order valence-corrected chi connectivity index (χ3v) is 7.36. The molecule has 0 saturated carbocycles. The summed E-state index contributed by atoms with van der Waals surface area (Å²) in [5.74, 6) is -0.384. The number of nitrogens with one attached hydrogen (secondary N) is 1. The van der Waals surface area contributed by atoms with Gasteiger partial charge < -0.3 is 5.32 Å². The number of aryl methyl sites for hydroxylation is 3. The molecule has 3 aromatic rings. The summed E-state index contributed by atoms with van der Waals surface area (Å²) < 4.78 is 29.2. The van der Waals surface area contributed by atoms with Crippen LogP contribution in [0.3, 0.4) is 0 Å². The smallest absolute Gasteiger partial charge is 0.255 e. The Bertz CT molecular complexity index is 1210.